The lowest BCUT2D eigenvalue weighted by Gasteiger charge is -2.23. The van der Waals surface area contributed by atoms with E-state index in [1.807, 2.05) is 0 Å². The van der Waals surface area contributed by atoms with Crippen LogP contribution in [0.15, 0.2) is 18.2 Å². The van der Waals surface area contributed by atoms with Crippen LogP contribution in [-0.4, -0.2) is 6.29 Å². The van der Waals surface area contributed by atoms with Crippen LogP contribution in [0.1, 0.15) is 29.5 Å². The highest BCUT2D eigenvalue weighted by Crippen LogP contribution is 2.27. The zero-order valence-corrected chi connectivity index (χ0v) is 8.62. The molecule has 1 aliphatic carbocycles. The molecule has 1 nitrogen and oxygen atoms in total. The first-order valence-electron chi connectivity index (χ1n) is 5.31. The van der Waals surface area contributed by atoms with Gasteiger partial charge in [-0.15, -0.1) is 0 Å². The smallest absolute Gasteiger partial charge is 0.120 e. The van der Waals surface area contributed by atoms with Gasteiger partial charge < -0.3 is 4.79 Å². The van der Waals surface area contributed by atoms with Crippen LogP contribution < -0.4 is 0 Å². The Morgan fingerprint density at radius 1 is 1.43 bits per heavy atom. The normalized spacial score (nSPS) is 20.2. The van der Waals surface area contributed by atoms with Crippen LogP contribution in [0.4, 0.5) is 0 Å². The lowest BCUT2D eigenvalue weighted by Crippen LogP contribution is -2.14. The van der Waals surface area contributed by atoms with Crippen LogP contribution >= 0.6 is 0 Å². The summed E-state index contributed by atoms with van der Waals surface area (Å²) in [5.41, 5.74) is 4.29. The molecular weight excluding hydrogens is 172 g/mol. The Balaban J connectivity index is 2.18. The van der Waals surface area contributed by atoms with Gasteiger partial charge in [-0.1, -0.05) is 23.8 Å². The molecule has 0 bridgehead atoms. The minimum atomic E-state index is 0.586. The monoisotopic (exact) mass is 188 g/mol. The second-order valence-electron chi connectivity index (χ2n) is 4.28. The fraction of sp³-hybridized carbons (Fsp3) is 0.462. The molecule has 0 N–H and O–H groups in total. The predicted molar refractivity (Wildman–Crippen MR) is 57.4 cm³/mol. The fourth-order valence-electron chi connectivity index (χ4n) is 2.30. The van der Waals surface area contributed by atoms with Crippen molar-refractivity contribution in [1.29, 1.82) is 0 Å². The fourth-order valence-corrected chi connectivity index (χ4v) is 2.30. The summed E-state index contributed by atoms with van der Waals surface area (Å²) in [6, 6.07) is 6.68. The van der Waals surface area contributed by atoms with Gasteiger partial charge >= 0.3 is 0 Å². The third-order valence-corrected chi connectivity index (χ3v) is 3.12. The van der Waals surface area contributed by atoms with Crippen molar-refractivity contribution in [3.8, 4) is 0 Å². The lowest BCUT2D eigenvalue weighted by molar-refractivity contribution is -0.108. The van der Waals surface area contributed by atoms with Crippen LogP contribution in [0, 0.1) is 12.8 Å². The van der Waals surface area contributed by atoms with Gasteiger partial charge in [-0.25, -0.2) is 0 Å². The van der Waals surface area contributed by atoms with Gasteiger partial charge in [0.15, 0.2) is 0 Å². The first-order valence-corrected chi connectivity index (χ1v) is 5.31. The largest absolute Gasteiger partial charge is 0.303 e. The molecule has 1 aromatic rings. The van der Waals surface area contributed by atoms with Gasteiger partial charge in [0.05, 0.1) is 0 Å². The van der Waals surface area contributed by atoms with Gasteiger partial charge in [-0.05, 0) is 43.2 Å². The highest BCUT2D eigenvalue weighted by atomic mass is 16.1. The minimum absolute atomic E-state index is 0.586. The van der Waals surface area contributed by atoms with E-state index in [1.165, 1.54) is 23.1 Å². The number of rotatable bonds is 2. The number of carbonyl (C=O) groups excluding carboxylic acids is 1. The molecule has 0 aliphatic heterocycles. The average molecular weight is 188 g/mol. The van der Waals surface area contributed by atoms with Crippen LogP contribution in [0.5, 0.6) is 0 Å². The molecule has 1 heteroatoms. The summed E-state index contributed by atoms with van der Waals surface area (Å²) in [7, 11) is 0. The molecule has 1 aromatic carbocycles. The van der Waals surface area contributed by atoms with Crippen molar-refractivity contribution in [1.82, 2.24) is 0 Å². The van der Waals surface area contributed by atoms with E-state index in [2.05, 4.69) is 25.1 Å². The molecule has 1 aliphatic rings. The predicted octanol–water partition coefficient (Wildman–Crippen LogP) is 2.69. The molecule has 0 saturated carbocycles. The van der Waals surface area contributed by atoms with E-state index < -0.39 is 0 Å². The van der Waals surface area contributed by atoms with Crippen molar-refractivity contribution in [2.45, 2.75) is 32.6 Å². The number of carbonyl (C=O) groups is 1. The molecule has 1 atom stereocenters. The van der Waals surface area contributed by atoms with E-state index in [-0.39, 0.29) is 0 Å². The standard InChI is InChI=1S/C13H16O/c1-10-2-4-13-9-11(6-7-14)3-5-12(13)8-10/h2,4,7-8,11H,3,5-6,9H2,1H3. The van der Waals surface area contributed by atoms with Crippen LogP contribution in [-0.2, 0) is 17.6 Å². The highest BCUT2D eigenvalue weighted by Gasteiger charge is 2.17. The second-order valence-corrected chi connectivity index (χ2v) is 4.28. The summed E-state index contributed by atoms with van der Waals surface area (Å²) >= 11 is 0. The van der Waals surface area contributed by atoms with Gasteiger partial charge in [0.2, 0.25) is 0 Å². The summed E-state index contributed by atoms with van der Waals surface area (Å²) in [4.78, 5) is 10.4. The van der Waals surface area contributed by atoms with Crippen LogP contribution in [0.3, 0.4) is 0 Å². The Bertz CT molecular complexity index is 341. The van der Waals surface area contributed by atoms with Gasteiger partial charge in [0, 0.05) is 6.42 Å². The molecule has 0 radical (unpaired) electrons. The van der Waals surface area contributed by atoms with Crippen molar-refractivity contribution in [3.63, 3.8) is 0 Å². The van der Waals surface area contributed by atoms with Gasteiger partial charge in [-0.3, -0.25) is 0 Å². The molecule has 0 aromatic heterocycles. The van der Waals surface area contributed by atoms with Gasteiger partial charge in [0.25, 0.3) is 0 Å². The average Bonchev–Trinajstić information content (AvgIpc) is 2.19. The van der Waals surface area contributed by atoms with E-state index >= 15 is 0 Å². The summed E-state index contributed by atoms with van der Waals surface area (Å²) in [6.07, 6.45) is 5.20. The number of hydrogen-bond acceptors (Lipinski definition) is 1. The maximum atomic E-state index is 10.4. The molecule has 74 valence electrons. The first kappa shape index (κ1) is 9.45. The SMILES string of the molecule is Cc1ccc2c(c1)CCC(CC=O)C2. The maximum absolute atomic E-state index is 10.4. The Labute approximate surface area is 85.1 Å². The van der Waals surface area contributed by atoms with E-state index in [9.17, 15) is 4.79 Å². The molecule has 0 fully saturated rings. The molecule has 1 unspecified atom stereocenters. The molecule has 0 amide bonds. The van der Waals surface area contributed by atoms with Crippen molar-refractivity contribution < 1.29 is 4.79 Å². The van der Waals surface area contributed by atoms with Crippen molar-refractivity contribution in [2.75, 3.05) is 0 Å². The Morgan fingerprint density at radius 3 is 3.07 bits per heavy atom. The Morgan fingerprint density at radius 2 is 2.29 bits per heavy atom. The van der Waals surface area contributed by atoms with Crippen LogP contribution in [0.25, 0.3) is 0 Å². The number of hydrogen-bond donors (Lipinski definition) is 0. The van der Waals surface area contributed by atoms with Gasteiger partial charge in [0.1, 0.15) is 6.29 Å². The number of fused-ring (bicyclic) bond motifs is 1. The molecule has 2 rings (SSSR count). The van der Waals surface area contributed by atoms with E-state index in [0.717, 1.165) is 25.5 Å². The molecule has 0 spiro atoms. The van der Waals surface area contributed by atoms with E-state index in [0.29, 0.717) is 5.92 Å². The second kappa shape index (κ2) is 3.95. The molecular formula is C13H16O. The van der Waals surface area contributed by atoms with E-state index in [4.69, 9.17) is 0 Å². The summed E-state index contributed by atoms with van der Waals surface area (Å²) < 4.78 is 0. The van der Waals surface area contributed by atoms with Crippen molar-refractivity contribution >= 4 is 6.29 Å². The topological polar surface area (TPSA) is 17.1 Å². The molecule has 0 saturated heterocycles. The number of aryl methyl sites for hydroxylation is 2. The van der Waals surface area contributed by atoms with Crippen molar-refractivity contribution in [2.24, 2.45) is 5.92 Å². The quantitative estimate of drug-likeness (QED) is 0.652. The number of aldehydes is 1. The van der Waals surface area contributed by atoms with Crippen molar-refractivity contribution in [3.05, 3.63) is 34.9 Å². The minimum Gasteiger partial charge on any atom is -0.303 e. The van der Waals surface area contributed by atoms with Gasteiger partial charge in [-0.2, -0.15) is 0 Å². The zero-order valence-electron chi connectivity index (χ0n) is 8.62. The lowest BCUT2D eigenvalue weighted by atomic mass is 9.82. The summed E-state index contributed by atoms with van der Waals surface area (Å²) in [6.45, 7) is 2.14. The summed E-state index contributed by atoms with van der Waals surface area (Å²) in [5, 5.41) is 0. The zero-order chi connectivity index (χ0) is 9.97. The van der Waals surface area contributed by atoms with E-state index in [1.54, 1.807) is 0 Å². The Kier molecular flexibility index (Phi) is 2.67. The highest BCUT2D eigenvalue weighted by molar-refractivity contribution is 5.50. The van der Waals surface area contributed by atoms with Crippen LogP contribution in [0.2, 0.25) is 0 Å². The Hall–Kier alpha value is -1.11. The molecule has 14 heavy (non-hydrogen) atoms. The third kappa shape index (κ3) is 1.87. The first-order chi connectivity index (χ1) is 6.79. The summed E-state index contributed by atoms with van der Waals surface area (Å²) in [5.74, 6) is 0.586. The molecule has 0 heterocycles. The third-order valence-electron chi connectivity index (χ3n) is 3.12. The maximum Gasteiger partial charge on any atom is 0.120 e. The number of benzene rings is 1.